The Balaban J connectivity index is 2.31. The number of carbonyl (C=O) groups excluding carboxylic acids is 2. The number of imidazole rings is 1. The van der Waals surface area contributed by atoms with Gasteiger partial charge in [0.2, 0.25) is 11.8 Å². The van der Waals surface area contributed by atoms with Crippen molar-refractivity contribution in [1.29, 1.82) is 0 Å². The van der Waals surface area contributed by atoms with E-state index in [2.05, 4.69) is 30.0 Å². The van der Waals surface area contributed by atoms with E-state index >= 15 is 0 Å². The van der Waals surface area contributed by atoms with Gasteiger partial charge in [-0.2, -0.15) is 0 Å². The number of aromatic nitrogens is 2. The van der Waals surface area contributed by atoms with Gasteiger partial charge < -0.3 is 14.8 Å². The molecule has 0 aliphatic carbocycles. The summed E-state index contributed by atoms with van der Waals surface area (Å²) in [6.07, 6.45) is 3.36. The van der Waals surface area contributed by atoms with Gasteiger partial charge >= 0.3 is 0 Å². The molecule has 2 amide bonds. The summed E-state index contributed by atoms with van der Waals surface area (Å²) in [6, 6.07) is 7.57. The number of nitrogens with one attached hydrogen (secondary N) is 1. The molecule has 1 aromatic carbocycles. The van der Waals surface area contributed by atoms with E-state index in [1.165, 1.54) is 0 Å². The SMILES string of the molecule is C=CCN(CC=C)C(=O)Cn1c(CNC(=O)C(=C)C)nc2ccccc21. The van der Waals surface area contributed by atoms with Crippen LogP contribution in [0.15, 0.2) is 61.7 Å². The van der Waals surface area contributed by atoms with Crippen LogP contribution in [0.5, 0.6) is 0 Å². The maximum Gasteiger partial charge on any atom is 0.246 e. The Morgan fingerprint density at radius 2 is 1.88 bits per heavy atom. The molecule has 0 fully saturated rings. The van der Waals surface area contributed by atoms with E-state index in [1.807, 2.05) is 28.8 Å². The van der Waals surface area contributed by atoms with Crippen molar-refractivity contribution in [2.75, 3.05) is 13.1 Å². The highest BCUT2D eigenvalue weighted by molar-refractivity contribution is 5.92. The monoisotopic (exact) mass is 352 g/mol. The normalized spacial score (nSPS) is 10.3. The van der Waals surface area contributed by atoms with Crippen LogP contribution in [-0.4, -0.2) is 39.4 Å². The molecule has 0 bridgehead atoms. The molecule has 26 heavy (non-hydrogen) atoms. The fourth-order valence-corrected chi connectivity index (χ4v) is 2.57. The number of fused-ring (bicyclic) bond motifs is 1. The number of benzene rings is 1. The molecule has 1 aromatic heterocycles. The molecule has 1 N–H and O–H groups in total. The summed E-state index contributed by atoms with van der Waals surface area (Å²) in [6.45, 7) is 13.9. The van der Waals surface area contributed by atoms with E-state index in [1.54, 1.807) is 24.0 Å². The van der Waals surface area contributed by atoms with Crippen molar-refractivity contribution in [1.82, 2.24) is 19.8 Å². The zero-order valence-electron chi connectivity index (χ0n) is 15.1. The molecule has 6 nitrogen and oxygen atoms in total. The minimum atomic E-state index is -0.241. The van der Waals surface area contributed by atoms with Gasteiger partial charge in [-0.15, -0.1) is 13.2 Å². The Bertz CT molecular complexity index is 841. The van der Waals surface area contributed by atoms with Crippen LogP contribution in [0, 0.1) is 0 Å². The Morgan fingerprint density at radius 1 is 1.23 bits per heavy atom. The molecule has 2 rings (SSSR count). The van der Waals surface area contributed by atoms with Crippen molar-refractivity contribution in [3.63, 3.8) is 0 Å². The fraction of sp³-hybridized carbons (Fsp3) is 0.250. The summed E-state index contributed by atoms with van der Waals surface area (Å²) < 4.78 is 1.83. The lowest BCUT2D eigenvalue weighted by Crippen LogP contribution is -2.35. The third-order valence-electron chi connectivity index (χ3n) is 3.87. The average molecular weight is 352 g/mol. The van der Waals surface area contributed by atoms with Gasteiger partial charge in [0.05, 0.1) is 17.6 Å². The molecule has 0 radical (unpaired) electrons. The van der Waals surface area contributed by atoms with Gasteiger partial charge in [-0.25, -0.2) is 4.98 Å². The molecule has 2 aromatic rings. The largest absolute Gasteiger partial charge is 0.345 e. The maximum absolute atomic E-state index is 12.7. The Hall–Kier alpha value is -3.15. The molecule has 0 spiro atoms. The van der Waals surface area contributed by atoms with Crippen LogP contribution in [-0.2, 0) is 22.7 Å². The highest BCUT2D eigenvalue weighted by Crippen LogP contribution is 2.16. The summed E-state index contributed by atoms with van der Waals surface area (Å²) >= 11 is 0. The van der Waals surface area contributed by atoms with Crippen molar-refractivity contribution in [2.24, 2.45) is 0 Å². The summed E-state index contributed by atoms with van der Waals surface area (Å²) in [7, 11) is 0. The second-order valence-electron chi connectivity index (χ2n) is 5.94. The number of amides is 2. The molecule has 0 aliphatic heterocycles. The van der Waals surface area contributed by atoms with E-state index in [4.69, 9.17) is 0 Å². The van der Waals surface area contributed by atoms with Crippen molar-refractivity contribution < 1.29 is 9.59 Å². The van der Waals surface area contributed by atoms with Gasteiger partial charge in [-0.1, -0.05) is 30.9 Å². The van der Waals surface area contributed by atoms with Crippen LogP contribution in [0.1, 0.15) is 12.7 Å². The van der Waals surface area contributed by atoms with Crippen LogP contribution in [0.2, 0.25) is 0 Å². The molecule has 0 aliphatic rings. The molecule has 1 heterocycles. The van der Waals surface area contributed by atoms with Gasteiger partial charge in [0.1, 0.15) is 12.4 Å². The Kier molecular flexibility index (Phi) is 6.49. The van der Waals surface area contributed by atoms with Gasteiger partial charge in [0.15, 0.2) is 0 Å². The summed E-state index contributed by atoms with van der Waals surface area (Å²) in [5.41, 5.74) is 2.04. The van der Waals surface area contributed by atoms with E-state index < -0.39 is 0 Å². The van der Waals surface area contributed by atoms with E-state index in [-0.39, 0.29) is 24.9 Å². The number of nitrogens with zero attached hydrogens (tertiary/aromatic N) is 3. The molecule has 6 heteroatoms. The van der Waals surface area contributed by atoms with Crippen molar-refractivity contribution >= 4 is 22.8 Å². The van der Waals surface area contributed by atoms with Gasteiger partial charge in [-0.3, -0.25) is 9.59 Å². The molecule has 136 valence electrons. The minimum absolute atomic E-state index is 0.0690. The second-order valence-corrected chi connectivity index (χ2v) is 5.94. The van der Waals surface area contributed by atoms with Crippen LogP contribution in [0.25, 0.3) is 11.0 Å². The fourth-order valence-electron chi connectivity index (χ4n) is 2.57. The molecular formula is C20H24N4O2. The third-order valence-corrected chi connectivity index (χ3v) is 3.87. The van der Waals surface area contributed by atoms with Crippen LogP contribution < -0.4 is 5.32 Å². The molecule has 0 atom stereocenters. The zero-order valence-corrected chi connectivity index (χ0v) is 15.1. The van der Waals surface area contributed by atoms with Crippen LogP contribution in [0.3, 0.4) is 0 Å². The first kappa shape index (κ1) is 19.2. The molecule has 0 unspecified atom stereocenters. The van der Waals surface area contributed by atoms with Gasteiger partial charge in [0, 0.05) is 18.7 Å². The molecular weight excluding hydrogens is 328 g/mol. The molecule has 0 saturated heterocycles. The van der Waals surface area contributed by atoms with E-state index in [0.29, 0.717) is 24.5 Å². The average Bonchev–Trinajstić information content (AvgIpc) is 2.97. The maximum atomic E-state index is 12.7. The highest BCUT2D eigenvalue weighted by atomic mass is 16.2. The van der Waals surface area contributed by atoms with Crippen molar-refractivity contribution in [3.8, 4) is 0 Å². The highest BCUT2D eigenvalue weighted by Gasteiger charge is 2.17. The lowest BCUT2D eigenvalue weighted by molar-refractivity contribution is -0.130. The van der Waals surface area contributed by atoms with Crippen molar-refractivity contribution in [3.05, 3.63) is 67.6 Å². The minimum Gasteiger partial charge on any atom is -0.345 e. The Labute approximate surface area is 153 Å². The smallest absolute Gasteiger partial charge is 0.246 e. The van der Waals surface area contributed by atoms with Crippen LogP contribution >= 0.6 is 0 Å². The van der Waals surface area contributed by atoms with E-state index in [0.717, 1.165) is 11.0 Å². The van der Waals surface area contributed by atoms with Crippen molar-refractivity contribution in [2.45, 2.75) is 20.0 Å². The number of rotatable bonds is 9. The number of para-hydroxylation sites is 2. The number of hydrogen-bond acceptors (Lipinski definition) is 3. The molecule has 0 saturated carbocycles. The summed E-state index contributed by atoms with van der Waals surface area (Å²) in [4.78, 5) is 30.7. The Morgan fingerprint density at radius 3 is 2.50 bits per heavy atom. The quantitative estimate of drug-likeness (QED) is 0.557. The first-order chi connectivity index (χ1) is 12.5. The summed E-state index contributed by atoms with van der Waals surface area (Å²) in [5, 5.41) is 2.77. The third kappa shape index (κ3) is 4.47. The number of hydrogen-bond donors (Lipinski definition) is 1. The van der Waals surface area contributed by atoms with Gasteiger partial charge in [-0.05, 0) is 19.1 Å². The van der Waals surface area contributed by atoms with Gasteiger partial charge in [0.25, 0.3) is 0 Å². The lowest BCUT2D eigenvalue weighted by atomic mass is 10.3. The zero-order chi connectivity index (χ0) is 19.1. The second kappa shape index (κ2) is 8.80. The predicted molar refractivity (Wildman–Crippen MR) is 103 cm³/mol. The standard InChI is InChI=1S/C20H24N4O2/c1-5-11-23(12-6-2)19(25)14-24-17-10-8-7-9-16(17)22-18(24)13-21-20(26)15(3)4/h5-10H,1-3,11-14H2,4H3,(H,21,26). The lowest BCUT2D eigenvalue weighted by Gasteiger charge is -2.20. The first-order valence-electron chi connectivity index (χ1n) is 8.35. The first-order valence-corrected chi connectivity index (χ1v) is 8.35. The topological polar surface area (TPSA) is 67.2 Å². The summed E-state index contributed by atoms with van der Waals surface area (Å²) in [5.74, 6) is 0.307. The van der Waals surface area contributed by atoms with Crippen LogP contribution in [0.4, 0.5) is 0 Å². The predicted octanol–water partition coefficient (Wildman–Crippen LogP) is 2.43. The number of carbonyl (C=O) groups is 2. The van der Waals surface area contributed by atoms with E-state index in [9.17, 15) is 9.59 Å².